The molecule has 7 nitrogen and oxygen atoms in total. The highest BCUT2D eigenvalue weighted by atomic mass is 79.9. The van der Waals surface area contributed by atoms with Crippen molar-refractivity contribution in [1.82, 2.24) is 30.4 Å². The van der Waals surface area contributed by atoms with Crippen LogP contribution >= 0.6 is 27.5 Å². The number of pyridine rings is 2. The zero-order valence-corrected chi connectivity index (χ0v) is 18.6. The van der Waals surface area contributed by atoms with Gasteiger partial charge in [0.2, 0.25) is 0 Å². The Morgan fingerprint density at radius 2 is 1.77 bits per heavy atom. The Balaban J connectivity index is 0.000000168. The van der Waals surface area contributed by atoms with Gasteiger partial charge in [0.05, 0.1) is 11.2 Å². The molecule has 0 saturated heterocycles. The van der Waals surface area contributed by atoms with Gasteiger partial charge in [-0.15, -0.1) is 0 Å². The summed E-state index contributed by atoms with van der Waals surface area (Å²) in [6, 6.07) is 13.8. The van der Waals surface area contributed by atoms with Gasteiger partial charge in [-0.1, -0.05) is 41.9 Å². The normalized spacial score (nSPS) is 10.8. The summed E-state index contributed by atoms with van der Waals surface area (Å²) in [5.74, 6) is 0.744. The largest absolute Gasteiger partial charge is 0.486 e. The van der Waals surface area contributed by atoms with E-state index >= 15 is 0 Å². The van der Waals surface area contributed by atoms with Gasteiger partial charge in [0.1, 0.15) is 27.8 Å². The van der Waals surface area contributed by atoms with Gasteiger partial charge in [-0.25, -0.2) is 9.97 Å². The van der Waals surface area contributed by atoms with Crippen molar-refractivity contribution < 1.29 is 4.74 Å². The highest BCUT2D eigenvalue weighted by Gasteiger charge is 2.11. The van der Waals surface area contributed by atoms with Crippen LogP contribution in [-0.4, -0.2) is 30.4 Å². The maximum atomic E-state index is 5.89. The van der Waals surface area contributed by atoms with Crippen molar-refractivity contribution >= 4 is 49.6 Å². The van der Waals surface area contributed by atoms with E-state index in [1.165, 1.54) is 0 Å². The summed E-state index contributed by atoms with van der Waals surface area (Å²) in [6.45, 7) is 4.36. The molecule has 0 spiro atoms. The third-order valence-corrected chi connectivity index (χ3v) is 5.14. The number of benzene rings is 1. The van der Waals surface area contributed by atoms with Gasteiger partial charge < -0.3 is 4.74 Å². The molecule has 0 radical (unpaired) electrons. The molecule has 0 atom stereocenters. The van der Waals surface area contributed by atoms with Crippen molar-refractivity contribution in [2.45, 2.75) is 20.5 Å². The number of aromatic nitrogens is 6. The van der Waals surface area contributed by atoms with Crippen molar-refractivity contribution in [1.29, 1.82) is 0 Å². The Hall–Kier alpha value is -2.97. The van der Waals surface area contributed by atoms with E-state index < -0.39 is 0 Å². The van der Waals surface area contributed by atoms with Gasteiger partial charge in [-0.2, -0.15) is 10.2 Å². The van der Waals surface area contributed by atoms with Gasteiger partial charge in [0.15, 0.2) is 11.3 Å². The minimum Gasteiger partial charge on any atom is -0.486 e. The lowest BCUT2D eigenvalue weighted by Crippen LogP contribution is -1.97. The maximum absolute atomic E-state index is 5.89. The van der Waals surface area contributed by atoms with E-state index in [1.807, 2.05) is 56.3 Å². The quantitative estimate of drug-likeness (QED) is 0.351. The molecule has 0 bridgehead atoms. The summed E-state index contributed by atoms with van der Waals surface area (Å²) >= 11 is 9.29. The van der Waals surface area contributed by atoms with E-state index in [0.29, 0.717) is 11.6 Å². The van der Waals surface area contributed by atoms with E-state index in [9.17, 15) is 0 Å². The Morgan fingerprint density at radius 3 is 2.57 bits per heavy atom. The van der Waals surface area contributed by atoms with Crippen LogP contribution in [0.4, 0.5) is 0 Å². The summed E-state index contributed by atoms with van der Waals surface area (Å²) in [7, 11) is 0. The molecule has 0 aliphatic heterocycles. The molecule has 1 aromatic carbocycles. The van der Waals surface area contributed by atoms with Gasteiger partial charge in [-0.05, 0) is 41.4 Å². The number of nitrogens with zero attached hydrogens (tertiary/aromatic N) is 4. The fourth-order valence-corrected chi connectivity index (χ4v) is 3.58. The Morgan fingerprint density at radius 1 is 1.00 bits per heavy atom. The maximum Gasteiger partial charge on any atom is 0.154 e. The predicted molar refractivity (Wildman–Crippen MR) is 121 cm³/mol. The Labute approximate surface area is 186 Å². The number of aryl methyl sites for hydroxylation is 2. The molecule has 4 heterocycles. The minimum atomic E-state index is 0.518. The van der Waals surface area contributed by atoms with Crippen LogP contribution in [0.1, 0.15) is 17.0 Å². The van der Waals surface area contributed by atoms with Crippen molar-refractivity contribution in [3.8, 4) is 5.75 Å². The minimum absolute atomic E-state index is 0.518. The first-order chi connectivity index (χ1) is 14.5. The number of fused-ring (bicyclic) bond motifs is 2. The zero-order chi connectivity index (χ0) is 21.1. The lowest BCUT2D eigenvalue weighted by atomic mass is 10.2. The van der Waals surface area contributed by atoms with E-state index in [1.54, 1.807) is 6.20 Å². The van der Waals surface area contributed by atoms with Crippen LogP contribution in [-0.2, 0) is 6.61 Å². The molecule has 5 rings (SSSR count). The number of rotatable bonds is 3. The van der Waals surface area contributed by atoms with E-state index in [0.717, 1.165) is 49.4 Å². The molecule has 0 aliphatic rings. The molecule has 4 aromatic heterocycles. The summed E-state index contributed by atoms with van der Waals surface area (Å²) in [5.41, 5.74) is 6.09. The lowest BCUT2D eigenvalue weighted by Gasteiger charge is -2.07. The molecule has 30 heavy (non-hydrogen) atoms. The summed E-state index contributed by atoms with van der Waals surface area (Å²) in [4.78, 5) is 8.65. The van der Waals surface area contributed by atoms with E-state index in [-0.39, 0.29) is 0 Å². The van der Waals surface area contributed by atoms with Crippen LogP contribution in [0.3, 0.4) is 0 Å². The summed E-state index contributed by atoms with van der Waals surface area (Å²) < 4.78 is 6.63. The second-order valence-corrected chi connectivity index (χ2v) is 7.85. The van der Waals surface area contributed by atoms with Gasteiger partial charge in [0.25, 0.3) is 0 Å². The average Bonchev–Trinajstić information content (AvgIpc) is 3.35. The SMILES string of the molecule is Cc1cc(Cl)c2[nH]ncc2n1.Cc1cc(OCc2ccccc2)c2n[nH]c(Br)c2n1. The number of nitrogens with one attached hydrogen (secondary N) is 2. The summed E-state index contributed by atoms with van der Waals surface area (Å²) in [6.07, 6.45) is 1.66. The zero-order valence-electron chi connectivity index (χ0n) is 16.3. The highest BCUT2D eigenvalue weighted by Crippen LogP contribution is 2.28. The lowest BCUT2D eigenvalue weighted by molar-refractivity contribution is 0.309. The second kappa shape index (κ2) is 8.81. The van der Waals surface area contributed by atoms with Crippen LogP contribution in [0.5, 0.6) is 5.75 Å². The molecule has 9 heteroatoms. The third-order valence-electron chi connectivity index (χ3n) is 4.29. The molecule has 0 fully saturated rings. The van der Waals surface area contributed by atoms with Crippen LogP contribution in [0, 0.1) is 13.8 Å². The molecular formula is C21H18BrClN6O. The van der Waals surface area contributed by atoms with Crippen LogP contribution in [0.2, 0.25) is 5.02 Å². The van der Waals surface area contributed by atoms with E-state index in [2.05, 4.69) is 46.3 Å². The smallest absolute Gasteiger partial charge is 0.154 e. The number of H-pyrrole nitrogens is 2. The van der Waals surface area contributed by atoms with Crippen LogP contribution in [0.25, 0.3) is 22.1 Å². The number of hydrogen-bond acceptors (Lipinski definition) is 5. The number of halogens is 2. The fourth-order valence-electron chi connectivity index (χ4n) is 2.92. The van der Waals surface area contributed by atoms with Crippen molar-refractivity contribution in [2.75, 3.05) is 0 Å². The number of hydrogen-bond donors (Lipinski definition) is 2. The summed E-state index contributed by atoms with van der Waals surface area (Å²) in [5, 5.41) is 14.4. The second-order valence-electron chi connectivity index (χ2n) is 6.65. The fraction of sp³-hybridized carbons (Fsp3) is 0.143. The van der Waals surface area contributed by atoms with Crippen molar-refractivity contribution in [3.63, 3.8) is 0 Å². The molecular weight excluding hydrogens is 468 g/mol. The first kappa shape index (κ1) is 20.3. The van der Waals surface area contributed by atoms with Crippen LogP contribution < -0.4 is 4.74 Å². The first-order valence-electron chi connectivity index (χ1n) is 9.15. The molecule has 0 unspecified atom stereocenters. The average molecular weight is 486 g/mol. The van der Waals surface area contributed by atoms with Gasteiger partial charge in [0, 0.05) is 17.5 Å². The Kier molecular flexibility index (Phi) is 5.96. The topological polar surface area (TPSA) is 92.4 Å². The van der Waals surface area contributed by atoms with Gasteiger partial charge >= 0.3 is 0 Å². The van der Waals surface area contributed by atoms with Gasteiger partial charge in [-0.3, -0.25) is 10.2 Å². The molecule has 0 aliphatic carbocycles. The molecule has 0 amide bonds. The predicted octanol–water partition coefficient (Wildman–Crippen LogP) is 5.53. The van der Waals surface area contributed by atoms with Crippen molar-refractivity contribution in [3.05, 3.63) is 75.2 Å². The highest BCUT2D eigenvalue weighted by molar-refractivity contribution is 9.10. The first-order valence-corrected chi connectivity index (χ1v) is 10.3. The molecule has 2 N–H and O–H groups in total. The third kappa shape index (κ3) is 4.44. The van der Waals surface area contributed by atoms with Crippen LogP contribution in [0.15, 0.2) is 53.3 Å². The van der Waals surface area contributed by atoms with Crippen molar-refractivity contribution in [2.24, 2.45) is 0 Å². The molecule has 152 valence electrons. The standard InChI is InChI=1S/C14H12BrN3O.C7H6ClN3/c1-9-7-11(12-13(16-9)14(15)18-17-12)19-8-10-5-3-2-4-6-10;1-4-2-5(8)7-6(10-4)3-9-11-7/h2-7H,8H2,1H3,(H,17,18);2-3H,1H3,(H,9,11). The molecule has 5 aromatic rings. The molecule has 0 saturated carbocycles. The monoisotopic (exact) mass is 484 g/mol. The Bertz CT molecular complexity index is 1300. The number of aromatic amines is 2. The number of ether oxygens (including phenoxy) is 1. The van der Waals surface area contributed by atoms with E-state index in [4.69, 9.17) is 16.3 Å².